The lowest BCUT2D eigenvalue weighted by Gasteiger charge is -2.39. The van der Waals surface area contributed by atoms with Crippen LogP contribution in [-0.2, 0) is 11.3 Å². The predicted octanol–water partition coefficient (Wildman–Crippen LogP) is 3.33. The van der Waals surface area contributed by atoms with Gasteiger partial charge >= 0.3 is 0 Å². The Hall–Kier alpha value is -2.14. The van der Waals surface area contributed by atoms with Crippen LogP contribution in [0.4, 0.5) is 0 Å². The number of pyridine rings is 1. The van der Waals surface area contributed by atoms with E-state index >= 15 is 0 Å². The number of aromatic nitrogens is 2. The van der Waals surface area contributed by atoms with Crippen molar-refractivity contribution in [3.05, 3.63) is 54.1 Å². The highest BCUT2D eigenvalue weighted by atomic mass is 16.2. The van der Waals surface area contributed by atoms with Crippen LogP contribution in [0.15, 0.2) is 42.9 Å². The third kappa shape index (κ3) is 3.79. The van der Waals surface area contributed by atoms with Crippen molar-refractivity contribution in [3.8, 4) is 0 Å². The number of rotatable bonds is 4. The summed E-state index contributed by atoms with van der Waals surface area (Å²) in [5, 5.41) is 0. The molecule has 2 aromatic rings. The lowest BCUT2D eigenvalue weighted by Crippen LogP contribution is -2.44. The highest BCUT2D eigenvalue weighted by molar-refractivity contribution is 5.77. The third-order valence-electron chi connectivity index (χ3n) is 6.20. The molecule has 0 bridgehead atoms. The first-order valence-electron chi connectivity index (χ1n) is 10.2. The van der Waals surface area contributed by atoms with Crippen molar-refractivity contribution in [1.29, 1.82) is 0 Å². The Morgan fingerprint density at radius 2 is 1.96 bits per heavy atom. The zero-order valence-corrected chi connectivity index (χ0v) is 16.4. The molecule has 0 radical (unpaired) electrons. The van der Waals surface area contributed by atoms with Gasteiger partial charge in [0, 0.05) is 49.8 Å². The summed E-state index contributed by atoms with van der Waals surface area (Å²) in [5.74, 6) is 0.801. The quantitative estimate of drug-likeness (QED) is 0.833. The van der Waals surface area contributed by atoms with Gasteiger partial charge in [-0.05, 0) is 69.5 Å². The molecule has 144 valence electrons. The number of amides is 1. The molecule has 0 aliphatic carbocycles. The van der Waals surface area contributed by atoms with Gasteiger partial charge in [-0.25, -0.2) is 0 Å². The molecule has 2 aromatic heterocycles. The van der Waals surface area contributed by atoms with E-state index in [1.54, 1.807) is 6.20 Å². The lowest BCUT2D eigenvalue weighted by atomic mass is 9.91. The molecule has 2 aliphatic heterocycles. The van der Waals surface area contributed by atoms with Gasteiger partial charge in [-0.3, -0.25) is 9.78 Å². The van der Waals surface area contributed by atoms with Crippen LogP contribution in [0.25, 0.3) is 0 Å². The fourth-order valence-corrected chi connectivity index (χ4v) is 4.58. The van der Waals surface area contributed by atoms with Crippen molar-refractivity contribution in [2.24, 2.45) is 5.92 Å². The second-order valence-electron chi connectivity index (χ2n) is 8.18. The van der Waals surface area contributed by atoms with Gasteiger partial charge in [0.15, 0.2) is 0 Å². The van der Waals surface area contributed by atoms with Crippen molar-refractivity contribution >= 4 is 5.91 Å². The van der Waals surface area contributed by atoms with E-state index in [0.717, 1.165) is 44.6 Å². The first-order chi connectivity index (χ1) is 13.1. The summed E-state index contributed by atoms with van der Waals surface area (Å²) in [6, 6.07) is 8.84. The summed E-state index contributed by atoms with van der Waals surface area (Å²) in [6.07, 6.45) is 8.73. The standard InChI is InChI=1S/C22H30N4O/c1-17(2)24-11-7-18(8-12-24)15-21(27)26-14-13-25-10-4-6-20(25)22(26)19-5-3-9-23-16-19/h3-6,9-10,16-18,22H,7-8,11-15H2,1-2H3/t22-/m1/s1. The molecule has 5 nitrogen and oxygen atoms in total. The van der Waals surface area contributed by atoms with Gasteiger partial charge in [0.05, 0.1) is 6.04 Å². The number of hydrogen-bond acceptors (Lipinski definition) is 3. The van der Waals surface area contributed by atoms with Gasteiger partial charge in [-0.15, -0.1) is 0 Å². The Morgan fingerprint density at radius 3 is 2.67 bits per heavy atom. The SMILES string of the molecule is CC(C)N1CCC(CC(=O)N2CCn3cccc3[C@H]2c2cccnc2)CC1. The second kappa shape index (κ2) is 7.85. The van der Waals surface area contributed by atoms with Crippen LogP contribution < -0.4 is 0 Å². The van der Waals surface area contributed by atoms with Gasteiger partial charge in [0.25, 0.3) is 0 Å². The number of likely N-dealkylation sites (tertiary alicyclic amines) is 1. The monoisotopic (exact) mass is 366 g/mol. The molecule has 27 heavy (non-hydrogen) atoms. The summed E-state index contributed by atoms with van der Waals surface area (Å²) >= 11 is 0. The van der Waals surface area contributed by atoms with Gasteiger partial charge in [-0.1, -0.05) is 6.07 Å². The molecule has 1 fully saturated rings. The molecular weight excluding hydrogens is 336 g/mol. The van der Waals surface area contributed by atoms with Crippen molar-refractivity contribution in [2.75, 3.05) is 19.6 Å². The highest BCUT2D eigenvalue weighted by Gasteiger charge is 2.33. The fourth-order valence-electron chi connectivity index (χ4n) is 4.58. The van der Waals surface area contributed by atoms with Crippen molar-refractivity contribution in [2.45, 2.75) is 51.7 Å². The molecule has 1 saturated heterocycles. The van der Waals surface area contributed by atoms with Gasteiger partial charge in [0.1, 0.15) is 0 Å². The smallest absolute Gasteiger partial charge is 0.223 e. The summed E-state index contributed by atoms with van der Waals surface area (Å²) in [6.45, 7) is 8.39. The molecule has 5 heteroatoms. The average Bonchev–Trinajstić information content (AvgIpc) is 3.17. The number of carbonyl (C=O) groups is 1. The van der Waals surface area contributed by atoms with Gasteiger partial charge < -0.3 is 14.4 Å². The summed E-state index contributed by atoms with van der Waals surface area (Å²) in [7, 11) is 0. The van der Waals surface area contributed by atoms with Crippen molar-refractivity contribution in [1.82, 2.24) is 19.4 Å². The van der Waals surface area contributed by atoms with Crippen LogP contribution in [0.1, 0.15) is 50.4 Å². The van der Waals surface area contributed by atoms with E-state index in [1.165, 1.54) is 5.69 Å². The number of carbonyl (C=O) groups excluding carboxylic acids is 1. The lowest BCUT2D eigenvalue weighted by molar-refractivity contribution is -0.135. The zero-order valence-electron chi connectivity index (χ0n) is 16.4. The molecule has 0 saturated carbocycles. The Balaban J connectivity index is 1.49. The largest absolute Gasteiger partial charge is 0.348 e. The Kier molecular flexibility index (Phi) is 5.30. The maximum absolute atomic E-state index is 13.3. The normalized spacial score (nSPS) is 21.4. The molecule has 0 unspecified atom stereocenters. The molecular formula is C22H30N4O. The molecule has 0 aromatic carbocycles. The van der Waals surface area contributed by atoms with E-state index in [2.05, 4.69) is 57.6 Å². The number of fused-ring (bicyclic) bond motifs is 1. The van der Waals surface area contributed by atoms with E-state index in [9.17, 15) is 4.79 Å². The van der Waals surface area contributed by atoms with Crippen molar-refractivity contribution < 1.29 is 4.79 Å². The van der Waals surface area contributed by atoms with E-state index in [1.807, 2.05) is 12.3 Å². The highest BCUT2D eigenvalue weighted by Crippen LogP contribution is 2.33. The Bertz CT molecular complexity index is 762. The van der Waals surface area contributed by atoms with Crippen LogP contribution in [0, 0.1) is 5.92 Å². The number of hydrogen-bond donors (Lipinski definition) is 0. The molecule has 4 heterocycles. The van der Waals surface area contributed by atoms with Gasteiger partial charge in [-0.2, -0.15) is 0 Å². The summed E-state index contributed by atoms with van der Waals surface area (Å²) in [4.78, 5) is 22.2. The van der Waals surface area contributed by atoms with Gasteiger partial charge in [0.2, 0.25) is 5.91 Å². The molecule has 4 rings (SSSR count). The minimum Gasteiger partial charge on any atom is -0.348 e. The number of nitrogens with zero attached hydrogens (tertiary/aromatic N) is 4. The summed E-state index contributed by atoms with van der Waals surface area (Å²) in [5.41, 5.74) is 2.29. The maximum atomic E-state index is 13.3. The molecule has 2 aliphatic rings. The van der Waals surface area contributed by atoms with E-state index in [0.29, 0.717) is 24.3 Å². The Labute approximate surface area is 162 Å². The minimum atomic E-state index is -0.0225. The fraction of sp³-hybridized carbons (Fsp3) is 0.545. The van der Waals surface area contributed by atoms with Crippen LogP contribution in [0.3, 0.4) is 0 Å². The van der Waals surface area contributed by atoms with E-state index < -0.39 is 0 Å². The predicted molar refractivity (Wildman–Crippen MR) is 106 cm³/mol. The molecule has 1 atom stereocenters. The zero-order chi connectivity index (χ0) is 18.8. The first kappa shape index (κ1) is 18.2. The average molecular weight is 367 g/mol. The topological polar surface area (TPSA) is 41.4 Å². The summed E-state index contributed by atoms with van der Waals surface area (Å²) < 4.78 is 2.27. The number of piperidine rings is 1. The molecule has 0 N–H and O–H groups in total. The van der Waals surface area contributed by atoms with Crippen LogP contribution in [0.5, 0.6) is 0 Å². The third-order valence-corrected chi connectivity index (χ3v) is 6.20. The van der Waals surface area contributed by atoms with Crippen LogP contribution in [-0.4, -0.2) is 50.9 Å². The Morgan fingerprint density at radius 1 is 1.15 bits per heavy atom. The maximum Gasteiger partial charge on any atom is 0.223 e. The van der Waals surface area contributed by atoms with Crippen molar-refractivity contribution in [3.63, 3.8) is 0 Å². The van der Waals surface area contributed by atoms with Crippen LogP contribution in [0.2, 0.25) is 0 Å². The molecule has 1 amide bonds. The minimum absolute atomic E-state index is 0.0225. The molecule has 0 spiro atoms. The van der Waals surface area contributed by atoms with E-state index in [4.69, 9.17) is 0 Å². The first-order valence-corrected chi connectivity index (χ1v) is 10.2. The van der Waals surface area contributed by atoms with E-state index in [-0.39, 0.29) is 6.04 Å². The second-order valence-corrected chi connectivity index (χ2v) is 8.18. The van der Waals surface area contributed by atoms with Crippen LogP contribution >= 0.6 is 0 Å².